The highest BCUT2D eigenvalue weighted by Crippen LogP contribution is 2.41. The largest absolute Gasteiger partial charge is 0.352 e. The summed E-state index contributed by atoms with van der Waals surface area (Å²) in [6.45, 7) is 0.413. The van der Waals surface area contributed by atoms with E-state index in [1.807, 2.05) is 18.2 Å². The van der Waals surface area contributed by atoms with Crippen molar-refractivity contribution in [3.63, 3.8) is 0 Å². The summed E-state index contributed by atoms with van der Waals surface area (Å²) in [5.41, 5.74) is 2.28. The minimum atomic E-state index is -0.447. The number of benzene rings is 1. The number of nitrogens with one attached hydrogen (secondary N) is 2. The lowest BCUT2D eigenvalue weighted by atomic mass is 9.94. The van der Waals surface area contributed by atoms with Gasteiger partial charge in [0.15, 0.2) is 5.11 Å². The first-order chi connectivity index (χ1) is 17.1. The number of pyridine rings is 1. The van der Waals surface area contributed by atoms with Gasteiger partial charge < -0.3 is 20.1 Å². The van der Waals surface area contributed by atoms with Crippen LogP contribution in [0.5, 0.6) is 0 Å². The second-order valence-corrected chi connectivity index (χ2v) is 9.62. The molecule has 8 heteroatoms. The van der Waals surface area contributed by atoms with Gasteiger partial charge in [0.2, 0.25) is 5.91 Å². The van der Waals surface area contributed by atoms with Gasteiger partial charge in [-0.15, -0.1) is 0 Å². The molecule has 1 aliphatic heterocycles. The number of hydrogen-bond acceptors (Lipinski definition) is 3. The Hall–Kier alpha value is -3.26. The van der Waals surface area contributed by atoms with E-state index in [1.54, 1.807) is 24.4 Å². The molecule has 1 aliphatic carbocycles. The molecule has 2 aliphatic rings. The smallest absolute Gasteiger partial charge is 0.226 e. The van der Waals surface area contributed by atoms with Crippen molar-refractivity contribution in [1.29, 1.82) is 0 Å². The summed E-state index contributed by atoms with van der Waals surface area (Å²) in [5.74, 6) is -0.696. The summed E-state index contributed by atoms with van der Waals surface area (Å²) < 4.78 is 16.4. The predicted molar refractivity (Wildman–Crippen MR) is 138 cm³/mol. The predicted octanol–water partition coefficient (Wildman–Crippen LogP) is 5.53. The Morgan fingerprint density at radius 1 is 1.09 bits per heavy atom. The molecule has 2 fully saturated rings. The van der Waals surface area contributed by atoms with Crippen molar-refractivity contribution in [2.75, 3.05) is 11.9 Å². The standard InChI is InChI=1S/C27H30FN5OS/c28-20-11-4-5-12-21(20)30-24(34)15-18-33-26(25(31-27(33)35)22-13-6-7-16-29-22)23-14-8-17-32(23)19-9-2-1-3-10-19/h4-8,11-14,16-17,19,25-26H,1-3,9-10,15,18H2,(H,30,34)(H,31,35)/t25-,26+/m0/s1. The number of halogens is 1. The maximum atomic E-state index is 14.0. The van der Waals surface area contributed by atoms with Gasteiger partial charge in [0.05, 0.1) is 23.5 Å². The van der Waals surface area contributed by atoms with E-state index in [2.05, 4.69) is 43.4 Å². The van der Waals surface area contributed by atoms with E-state index in [0.29, 0.717) is 17.7 Å². The van der Waals surface area contributed by atoms with Crippen LogP contribution in [0.3, 0.4) is 0 Å². The van der Waals surface area contributed by atoms with Crippen LogP contribution in [0.2, 0.25) is 0 Å². The summed E-state index contributed by atoms with van der Waals surface area (Å²) in [4.78, 5) is 19.4. The number of para-hydroxylation sites is 1. The van der Waals surface area contributed by atoms with Crippen LogP contribution in [0, 0.1) is 5.82 Å². The Balaban J connectivity index is 1.40. The zero-order valence-corrected chi connectivity index (χ0v) is 20.4. The van der Waals surface area contributed by atoms with Crippen LogP contribution in [0.25, 0.3) is 0 Å². The maximum absolute atomic E-state index is 14.0. The van der Waals surface area contributed by atoms with Gasteiger partial charge in [-0.3, -0.25) is 9.78 Å². The average molecular weight is 492 g/mol. The molecule has 35 heavy (non-hydrogen) atoms. The molecule has 1 aromatic carbocycles. The topological polar surface area (TPSA) is 62.2 Å². The van der Waals surface area contributed by atoms with Crippen LogP contribution in [0.1, 0.15) is 68.0 Å². The average Bonchev–Trinajstić information content (AvgIpc) is 3.49. The SMILES string of the molecule is O=C(CCN1C(=S)N[C@@H](c2ccccn2)[C@H]1c1cccn1C1CCCCC1)Nc1ccccc1F. The highest BCUT2D eigenvalue weighted by atomic mass is 32.1. The molecule has 0 unspecified atom stereocenters. The molecule has 3 aromatic rings. The first-order valence-electron chi connectivity index (χ1n) is 12.3. The van der Waals surface area contributed by atoms with Crippen molar-refractivity contribution in [2.24, 2.45) is 0 Å². The highest BCUT2D eigenvalue weighted by molar-refractivity contribution is 7.80. The molecule has 182 valence electrons. The Morgan fingerprint density at radius 3 is 2.66 bits per heavy atom. The fourth-order valence-corrected chi connectivity index (χ4v) is 5.65. The van der Waals surface area contributed by atoms with Crippen molar-refractivity contribution >= 4 is 28.9 Å². The number of carbonyl (C=O) groups excluding carboxylic acids is 1. The number of anilines is 1. The third-order valence-electron chi connectivity index (χ3n) is 7.01. The lowest BCUT2D eigenvalue weighted by Gasteiger charge is -2.32. The van der Waals surface area contributed by atoms with Crippen LogP contribution < -0.4 is 10.6 Å². The molecule has 1 saturated heterocycles. The van der Waals surface area contributed by atoms with Gasteiger partial charge in [-0.05, 0) is 61.5 Å². The highest BCUT2D eigenvalue weighted by Gasteiger charge is 2.41. The van der Waals surface area contributed by atoms with Gasteiger partial charge in [-0.2, -0.15) is 0 Å². The third kappa shape index (κ3) is 5.07. The van der Waals surface area contributed by atoms with E-state index in [1.165, 1.54) is 43.9 Å². The van der Waals surface area contributed by atoms with Gasteiger partial charge >= 0.3 is 0 Å². The maximum Gasteiger partial charge on any atom is 0.226 e. The lowest BCUT2D eigenvalue weighted by Crippen LogP contribution is -2.34. The van der Waals surface area contributed by atoms with E-state index in [4.69, 9.17) is 12.2 Å². The fourth-order valence-electron chi connectivity index (χ4n) is 5.31. The Bertz CT molecular complexity index is 1180. The quantitative estimate of drug-likeness (QED) is 0.426. The molecule has 0 radical (unpaired) electrons. The van der Waals surface area contributed by atoms with Crippen molar-refractivity contribution in [1.82, 2.24) is 19.8 Å². The zero-order valence-electron chi connectivity index (χ0n) is 19.6. The van der Waals surface area contributed by atoms with Gasteiger partial charge in [0.25, 0.3) is 0 Å². The normalized spacial score (nSPS) is 20.6. The van der Waals surface area contributed by atoms with Gasteiger partial charge in [-0.1, -0.05) is 37.5 Å². The summed E-state index contributed by atoms with van der Waals surface area (Å²) >= 11 is 5.76. The molecular weight excluding hydrogens is 461 g/mol. The number of rotatable bonds is 7. The molecule has 2 N–H and O–H groups in total. The molecule has 5 rings (SSSR count). The summed E-state index contributed by atoms with van der Waals surface area (Å²) in [5, 5.41) is 6.74. The number of carbonyl (C=O) groups is 1. The minimum absolute atomic E-state index is 0.101. The van der Waals surface area contributed by atoms with Crippen LogP contribution in [0.4, 0.5) is 10.1 Å². The van der Waals surface area contributed by atoms with E-state index in [0.717, 1.165) is 5.69 Å². The molecule has 6 nitrogen and oxygen atoms in total. The molecule has 1 amide bonds. The second kappa shape index (κ2) is 10.6. The summed E-state index contributed by atoms with van der Waals surface area (Å²) in [6.07, 6.45) is 10.3. The van der Waals surface area contributed by atoms with E-state index in [-0.39, 0.29) is 30.1 Å². The molecule has 2 aromatic heterocycles. The molecule has 3 heterocycles. The van der Waals surface area contributed by atoms with Crippen molar-refractivity contribution in [3.8, 4) is 0 Å². The summed E-state index contributed by atoms with van der Waals surface area (Å²) in [6, 6.07) is 16.6. The number of aromatic nitrogens is 2. The van der Waals surface area contributed by atoms with Crippen LogP contribution in [0.15, 0.2) is 67.0 Å². The number of hydrogen-bond donors (Lipinski definition) is 2. The zero-order chi connectivity index (χ0) is 24.2. The number of thiocarbonyl (C=S) groups is 1. The molecular formula is C27H30FN5OS. The number of nitrogens with zero attached hydrogens (tertiary/aromatic N) is 3. The molecule has 1 saturated carbocycles. The Morgan fingerprint density at radius 2 is 1.89 bits per heavy atom. The Labute approximate surface area is 210 Å². The lowest BCUT2D eigenvalue weighted by molar-refractivity contribution is -0.116. The molecule has 0 bridgehead atoms. The minimum Gasteiger partial charge on any atom is -0.352 e. The van der Waals surface area contributed by atoms with Gasteiger partial charge in [0.1, 0.15) is 5.82 Å². The van der Waals surface area contributed by atoms with Crippen LogP contribution >= 0.6 is 12.2 Å². The van der Waals surface area contributed by atoms with E-state index in [9.17, 15) is 9.18 Å². The molecule has 0 spiro atoms. The van der Waals surface area contributed by atoms with Crippen LogP contribution in [-0.4, -0.2) is 32.0 Å². The fraction of sp³-hybridized carbons (Fsp3) is 0.370. The molecule has 2 atom stereocenters. The first kappa shape index (κ1) is 23.5. The van der Waals surface area contributed by atoms with Crippen molar-refractivity contribution < 1.29 is 9.18 Å². The van der Waals surface area contributed by atoms with Gasteiger partial charge in [-0.25, -0.2) is 4.39 Å². The van der Waals surface area contributed by atoms with E-state index < -0.39 is 5.82 Å². The van der Waals surface area contributed by atoms with Crippen molar-refractivity contribution in [2.45, 2.75) is 56.7 Å². The summed E-state index contributed by atoms with van der Waals surface area (Å²) in [7, 11) is 0. The van der Waals surface area contributed by atoms with Crippen LogP contribution in [-0.2, 0) is 4.79 Å². The third-order valence-corrected chi connectivity index (χ3v) is 7.36. The monoisotopic (exact) mass is 491 g/mol. The Kier molecular flexibility index (Phi) is 7.08. The van der Waals surface area contributed by atoms with Crippen molar-refractivity contribution in [3.05, 3.63) is 84.2 Å². The number of amides is 1. The second-order valence-electron chi connectivity index (χ2n) is 9.23. The first-order valence-corrected chi connectivity index (χ1v) is 12.7. The van der Waals surface area contributed by atoms with E-state index >= 15 is 0 Å². The van der Waals surface area contributed by atoms with Gasteiger partial charge in [0, 0.05) is 37.1 Å².